The summed E-state index contributed by atoms with van der Waals surface area (Å²) < 4.78 is 21.6. The molecule has 0 spiro atoms. The average Bonchev–Trinajstić information content (AvgIpc) is 2.99. The van der Waals surface area contributed by atoms with Crippen molar-refractivity contribution in [3.63, 3.8) is 0 Å². The molecule has 3 aromatic rings. The molecular formula is C21H21FOS. The summed E-state index contributed by atoms with van der Waals surface area (Å²) in [5.41, 5.74) is 1.87. The SMILES string of the molecule is CC1CCCC(c2ccc(F)c(Cc3cc4ccccc4s3)c2)O1. The third-order valence-electron chi connectivity index (χ3n) is 4.76. The van der Waals surface area contributed by atoms with Gasteiger partial charge in [0, 0.05) is 16.0 Å². The van der Waals surface area contributed by atoms with Gasteiger partial charge in [0.15, 0.2) is 0 Å². The van der Waals surface area contributed by atoms with Crippen LogP contribution in [0, 0.1) is 5.82 Å². The molecule has 24 heavy (non-hydrogen) atoms. The minimum atomic E-state index is -0.125. The number of ether oxygens (including phenoxy) is 1. The Morgan fingerprint density at radius 1 is 1.12 bits per heavy atom. The fourth-order valence-corrected chi connectivity index (χ4v) is 4.58. The normalized spacial score (nSPS) is 21.2. The number of benzene rings is 2. The van der Waals surface area contributed by atoms with E-state index in [4.69, 9.17) is 4.74 Å². The van der Waals surface area contributed by atoms with Gasteiger partial charge in [0.05, 0.1) is 12.2 Å². The molecule has 124 valence electrons. The molecule has 0 amide bonds. The Morgan fingerprint density at radius 3 is 2.83 bits per heavy atom. The second-order valence-corrected chi connectivity index (χ2v) is 7.81. The first-order valence-corrected chi connectivity index (χ1v) is 9.42. The maximum Gasteiger partial charge on any atom is 0.126 e. The summed E-state index contributed by atoms with van der Waals surface area (Å²) in [4.78, 5) is 1.20. The van der Waals surface area contributed by atoms with Gasteiger partial charge in [-0.2, -0.15) is 0 Å². The Hall–Kier alpha value is -1.71. The quantitative estimate of drug-likeness (QED) is 0.546. The lowest BCUT2D eigenvalue weighted by atomic mass is 9.96. The summed E-state index contributed by atoms with van der Waals surface area (Å²) in [6, 6.07) is 16.0. The van der Waals surface area contributed by atoms with Crippen LogP contribution in [-0.2, 0) is 11.2 Å². The molecule has 3 heteroatoms. The maximum absolute atomic E-state index is 14.3. The lowest BCUT2D eigenvalue weighted by Crippen LogP contribution is -2.19. The van der Waals surface area contributed by atoms with Gasteiger partial charge >= 0.3 is 0 Å². The summed E-state index contributed by atoms with van der Waals surface area (Å²) in [5, 5.41) is 1.23. The smallest absolute Gasteiger partial charge is 0.126 e. The largest absolute Gasteiger partial charge is 0.371 e. The van der Waals surface area contributed by atoms with E-state index in [0.717, 1.165) is 24.0 Å². The molecule has 2 aromatic carbocycles. The van der Waals surface area contributed by atoms with E-state index in [1.54, 1.807) is 17.4 Å². The van der Waals surface area contributed by atoms with Crippen LogP contribution in [0.15, 0.2) is 48.5 Å². The van der Waals surface area contributed by atoms with Crippen molar-refractivity contribution in [1.82, 2.24) is 0 Å². The van der Waals surface area contributed by atoms with Crippen LogP contribution in [0.4, 0.5) is 4.39 Å². The second-order valence-electron chi connectivity index (χ2n) is 6.64. The molecule has 1 saturated heterocycles. The summed E-state index contributed by atoms with van der Waals surface area (Å²) >= 11 is 1.74. The van der Waals surface area contributed by atoms with E-state index in [2.05, 4.69) is 25.1 Å². The number of fused-ring (bicyclic) bond motifs is 1. The minimum Gasteiger partial charge on any atom is -0.371 e. The molecule has 0 saturated carbocycles. The average molecular weight is 340 g/mol. The zero-order valence-corrected chi connectivity index (χ0v) is 14.6. The van der Waals surface area contributed by atoms with E-state index in [0.29, 0.717) is 12.5 Å². The third-order valence-corrected chi connectivity index (χ3v) is 5.87. The molecule has 1 fully saturated rings. The number of halogens is 1. The van der Waals surface area contributed by atoms with Gasteiger partial charge in [0.1, 0.15) is 5.82 Å². The molecule has 2 unspecified atom stereocenters. The zero-order chi connectivity index (χ0) is 16.5. The molecule has 1 aliphatic rings. The van der Waals surface area contributed by atoms with E-state index >= 15 is 0 Å². The molecular weight excluding hydrogens is 319 g/mol. The van der Waals surface area contributed by atoms with Crippen LogP contribution in [0.2, 0.25) is 0 Å². The number of thiophene rings is 1. The Kier molecular flexibility index (Phi) is 4.38. The van der Waals surface area contributed by atoms with Crippen LogP contribution in [0.1, 0.15) is 48.3 Å². The molecule has 0 N–H and O–H groups in total. The second kappa shape index (κ2) is 6.66. The predicted octanol–water partition coefficient (Wildman–Crippen LogP) is 6.26. The number of rotatable bonds is 3. The van der Waals surface area contributed by atoms with Crippen molar-refractivity contribution in [2.75, 3.05) is 0 Å². The zero-order valence-electron chi connectivity index (χ0n) is 13.8. The Labute approximate surface area is 146 Å². The Morgan fingerprint density at radius 2 is 2.00 bits per heavy atom. The first-order valence-electron chi connectivity index (χ1n) is 8.60. The van der Waals surface area contributed by atoms with Gasteiger partial charge in [-0.05, 0) is 67.0 Å². The van der Waals surface area contributed by atoms with Crippen molar-refractivity contribution in [2.45, 2.75) is 44.8 Å². The molecule has 4 rings (SSSR count). The van der Waals surface area contributed by atoms with E-state index in [-0.39, 0.29) is 11.9 Å². The lowest BCUT2D eigenvalue weighted by molar-refractivity contribution is -0.0415. The van der Waals surface area contributed by atoms with Gasteiger partial charge in [-0.15, -0.1) is 11.3 Å². The molecule has 2 atom stereocenters. The maximum atomic E-state index is 14.3. The van der Waals surface area contributed by atoms with Gasteiger partial charge in [-0.3, -0.25) is 0 Å². The summed E-state index contributed by atoms with van der Waals surface area (Å²) in [6.45, 7) is 2.12. The summed E-state index contributed by atoms with van der Waals surface area (Å²) in [6.07, 6.45) is 4.36. The lowest BCUT2D eigenvalue weighted by Gasteiger charge is -2.28. The van der Waals surface area contributed by atoms with Crippen molar-refractivity contribution in [3.8, 4) is 0 Å². The highest BCUT2D eigenvalue weighted by molar-refractivity contribution is 7.19. The first-order chi connectivity index (χ1) is 11.7. The highest BCUT2D eigenvalue weighted by atomic mass is 32.1. The van der Waals surface area contributed by atoms with E-state index < -0.39 is 0 Å². The number of hydrogen-bond acceptors (Lipinski definition) is 2. The number of hydrogen-bond donors (Lipinski definition) is 0. The Bertz CT molecular complexity index is 821. The predicted molar refractivity (Wildman–Crippen MR) is 98.2 cm³/mol. The van der Waals surface area contributed by atoms with Gasteiger partial charge in [-0.25, -0.2) is 4.39 Å². The fourth-order valence-electron chi connectivity index (χ4n) is 3.49. The van der Waals surface area contributed by atoms with Crippen LogP contribution >= 0.6 is 11.3 Å². The van der Waals surface area contributed by atoms with Crippen molar-refractivity contribution in [2.24, 2.45) is 0 Å². The highest BCUT2D eigenvalue weighted by Gasteiger charge is 2.21. The molecule has 0 aliphatic carbocycles. The minimum absolute atomic E-state index is 0.107. The van der Waals surface area contributed by atoms with E-state index in [9.17, 15) is 4.39 Å². The van der Waals surface area contributed by atoms with Crippen molar-refractivity contribution in [1.29, 1.82) is 0 Å². The van der Waals surface area contributed by atoms with Gasteiger partial charge in [-0.1, -0.05) is 24.3 Å². The topological polar surface area (TPSA) is 9.23 Å². The standard InChI is InChI=1S/C21H21FOS/c1-14-5-4-7-20(23-14)15-9-10-19(22)17(11-15)13-18-12-16-6-2-3-8-21(16)24-18/h2-3,6,8-12,14,20H,4-5,7,13H2,1H3. The van der Waals surface area contributed by atoms with Crippen molar-refractivity contribution in [3.05, 3.63) is 70.4 Å². The van der Waals surface area contributed by atoms with Crippen LogP contribution in [0.3, 0.4) is 0 Å². The highest BCUT2D eigenvalue weighted by Crippen LogP contribution is 2.33. The monoisotopic (exact) mass is 340 g/mol. The van der Waals surface area contributed by atoms with Crippen molar-refractivity contribution >= 4 is 21.4 Å². The first kappa shape index (κ1) is 15.8. The summed E-state index contributed by atoms with van der Waals surface area (Å²) in [7, 11) is 0. The molecule has 1 aliphatic heterocycles. The van der Waals surface area contributed by atoms with Gasteiger partial charge in [0.2, 0.25) is 0 Å². The van der Waals surface area contributed by atoms with Crippen LogP contribution in [0.25, 0.3) is 10.1 Å². The summed E-state index contributed by atoms with van der Waals surface area (Å²) in [5.74, 6) is -0.125. The van der Waals surface area contributed by atoms with E-state index in [1.165, 1.54) is 21.4 Å². The molecule has 0 bridgehead atoms. The molecule has 1 nitrogen and oxygen atoms in total. The third kappa shape index (κ3) is 3.24. The van der Waals surface area contributed by atoms with Crippen LogP contribution in [0.5, 0.6) is 0 Å². The van der Waals surface area contributed by atoms with Crippen LogP contribution in [-0.4, -0.2) is 6.10 Å². The fraction of sp³-hybridized carbons (Fsp3) is 0.333. The molecule has 1 aromatic heterocycles. The van der Waals surface area contributed by atoms with Crippen molar-refractivity contribution < 1.29 is 9.13 Å². The Balaban J connectivity index is 1.61. The van der Waals surface area contributed by atoms with E-state index in [1.807, 2.05) is 24.3 Å². The van der Waals surface area contributed by atoms with Gasteiger partial charge < -0.3 is 4.74 Å². The van der Waals surface area contributed by atoms with Crippen LogP contribution < -0.4 is 0 Å². The van der Waals surface area contributed by atoms with Gasteiger partial charge in [0.25, 0.3) is 0 Å². The molecule has 0 radical (unpaired) electrons. The molecule has 2 heterocycles.